The van der Waals surface area contributed by atoms with Crippen LogP contribution < -0.4 is 5.73 Å². The molecule has 1 aromatic carbocycles. The Morgan fingerprint density at radius 3 is 2.59 bits per heavy atom. The fraction of sp³-hybridized carbons (Fsp3) is 0.571. The summed E-state index contributed by atoms with van der Waals surface area (Å²) >= 11 is 0. The summed E-state index contributed by atoms with van der Waals surface area (Å²) < 4.78 is 11.0. The van der Waals surface area contributed by atoms with Crippen LogP contribution in [0, 0.1) is 0 Å². The monoisotopic (exact) mass is 237 g/mol. The van der Waals surface area contributed by atoms with E-state index in [4.69, 9.17) is 15.2 Å². The summed E-state index contributed by atoms with van der Waals surface area (Å²) in [4.78, 5) is 0. The first-order valence-corrected chi connectivity index (χ1v) is 6.30. The van der Waals surface area contributed by atoms with Gasteiger partial charge in [0.1, 0.15) is 0 Å². The van der Waals surface area contributed by atoms with E-state index in [-0.39, 0.29) is 6.10 Å². The summed E-state index contributed by atoms with van der Waals surface area (Å²) in [6.07, 6.45) is 1.92. The van der Waals surface area contributed by atoms with Crippen molar-refractivity contribution < 1.29 is 9.47 Å². The second-order valence-electron chi connectivity index (χ2n) is 3.97. The van der Waals surface area contributed by atoms with Crippen LogP contribution in [0.5, 0.6) is 0 Å². The van der Waals surface area contributed by atoms with Crippen molar-refractivity contribution >= 4 is 0 Å². The van der Waals surface area contributed by atoms with Gasteiger partial charge < -0.3 is 15.2 Å². The van der Waals surface area contributed by atoms with E-state index in [1.807, 2.05) is 25.1 Å². The lowest BCUT2D eigenvalue weighted by Crippen LogP contribution is -2.26. The lowest BCUT2D eigenvalue weighted by molar-refractivity contribution is 0.0397. The average molecular weight is 237 g/mol. The van der Waals surface area contributed by atoms with E-state index in [0.717, 1.165) is 26.1 Å². The number of hydrogen-bond donors (Lipinski definition) is 1. The third kappa shape index (κ3) is 6.41. The van der Waals surface area contributed by atoms with Crippen LogP contribution in [0.1, 0.15) is 18.9 Å². The molecule has 1 atom stereocenters. The topological polar surface area (TPSA) is 44.5 Å². The lowest BCUT2D eigenvalue weighted by atomic mass is 10.1. The van der Waals surface area contributed by atoms with Gasteiger partial charge in [-0.25, -0.2) is 0 Å². The Morgan fingerprint density at radius 1 is 1.18 bits per heavy atom. The summed E-state index contributed by atoms with van der Waals surface area (Å²) in [5.41, 5.74) is 6.98. The molecule has 17 heavy (non-hydrogen) atoms. The second kappa shape index (κ2) is 9.16. The molecule has 0 fully saturated rings. The number of hydrogen-bond acceptors (Lipinski definition) is 3. The average Bonchev–Trinajstić information content (AvgIpc) is 2.38. The van der Waals surface area contributed by atoms with Gasteiger partial charge in [-0.3, -0.25) is 0 Å². The SMILES string of the molecule is CCOCCCOC(CN)Cc1ccccc1. The van der Waals surface area contributed by atoms with E-state index in [2.05, 4.69) is 12.1 Å². The van der Waals surface area contributed by atoms with Gasteiger partial charge in [0.2, 0.25) is 0 Å². The molecule has 1 aromatic rings. The molecule has 3 heteroatoms. The van der Waals surface area contributed by atoms with Crippen LogP contribution in [0.4, 0.5) is 0 Å². The molecule has 0 aliphatic heterocycles. The zero-order valence-electron chi connectivity index (χ0n) is 10.6. The zero-order chi connectivity index (χ0) is 12.3. The molecule has 0 aromatic heterocycles. The highest BCUT2D eigenvalue weighted by Gasteiger charge is 2.07. The Hall–Kier alpha value is -0.900. The van der Waals surface area contributed by atoms with Crippen LogP contribution in [0.25, 0.3) is 0 Å². The van der Waals surface area contributed by atoms with Crippen LogP contribution >= 0.6 is 0 Å². The van der Waals surface area contributed by atoms with Gasteiger partial charge in [0.25, 0.3) is 0 Å². The maximum atomic E-state index is 5.74. The molecule has 0 spiro atoms. The Labute approximate surface area is 104 Å². The van der Waals surface area contributed by atoms with E-state index in [0.29, 0.717) is 13.2 Å². The standard InChI is InChI=1S/C14H23NO2/c1-2-16-9-6-10-17-14(12-15)11-13-7-4-3-5-8-13/h3-5,7-8,14H,2,6,9-12,15H2,1H3. The first kappa shape index (κ1) is 14.2. The number of nitrogens with two attached hydrogens (primary N) is 1. The van der Waals surface area contributed by atoms with E-state index in [1.54, 1.807) is 0 Å². The third-order valence-electron chi connectivity index (χ3n) is 2.56. The van der Waals surface area contributed by atoms with Gasteiger partial charge in [-0.05, 0) is 25.3 Å². The Kier molecular flexibility index (Phi) is 7.63. The molecule has 0 saturated carbocycles. The Balaban J connectivity index is 2.20. The summed E-state index contributed by atoms with van der Waals surface area (Å²) in [6, 6.07) is 10.3. The number of rotatable bonds is 9. The number of benzene rings is 1. The van der Waals surface area contributed by atoms with Crippen LogP contribution in [0.2, 0.25) is 0 Å². The molecule has 0 heterocycles. The van der Waals surface area contributed by atoms with Crippen molar-refractivity contribution in [3.63, 3.8) is 0 Å². The largest absolute Gasteiger partial charge is 0.382 e. The molecule has 96 valence electrons. The fourth-order valence-electron chi connectivity index (χ4n) is 1.64. The fourth-order valence-corrected chi connectivity index (χ4v) is 1.64. The van der Waals surface area contributed by atoms with Gasteiger partial charge in [0, 0.05) is 26.4 Å². The maximum Gasteiger partial charge on any atom is 0.0737 e. The molecule has 0 aliphatic carbocycles. The van der Waals surface area contributed by atoms with Gasteiger partial charge in [-0.2, -0.15) is 0 Å². The van der Waals surface area contributed by atoms with Gasteiger partial charge in [0.15, 0.2) is 0 Å². The van der Waals surface area contributed by atoms with Crippen molar-refractivity contribution in [3.8, 4) is 0 Å². The summed E-state index contributed by atoms with van der Waals surface area (Å²) in [6.45, 7) is 4.81. The lowest BCUT2D eigenvalue weighted by Gasteiger charge is -2.16. The quantitative estimate of drug-likeness (QED) is 0.668. The predicted molar refractivity (Wildman–Crippen MR) is 70.1 cm³/mol. The molecule has 3 nitrogen and oxygen atoms in total. The number of ether oxygens (including phenoxy) is 2. The van der Waals surface area contributed by atoms with Gasteiger partial charge >= 0.3 is 0 Å². The van der Waals surface area contributed by atoms with E-state index in [1.165, 1.54) is 5.56 Å². The summed E-state index contributed by atoms with van der Waals surface area (Å²) in [5, 5.41) is 0. The van der Waals surface area contributed by atoms with Crippen molar-refractivity contribution in [2.24, 2.45) is 5.73 Å². The highest BCUT2D eigenvalue weighted by Crippen LogP contribution is 2.05. The minimum absolute atomic E-state index is 0.110. The summed E-state index contributed by atoms with van der Waals surface area (Å²) in [5.74, 6) is 0. The highest BCUT2D eigenvalue weighted by atomic mass is 16.5. The van der Waals surface area contributed by atoms with E-state index in [9.17, 15) is 0 Å². The van der Waals surface area contributed by atoms with Crippen LogP contribution in [0.15, 0.2) is 30.3 Å². The van der Waals surface area contributed by atoms with Crippen molar-refractivity contribution in [3.05, 3.63) is 35.9 Å². The van der Waals surface area contributed by atoms with E-state index >= 15 is 0 Å². The molecular formula is C14H23NO2. The summed E-state index contributed by atoms with van der Waals surface area (Å²) in [7, 11) is 0. The molecule has 0 bridgehead atoms. The first-order chi connectivity index (χ1) is 8.36. The molecule has 0 saturated heterocycles. The minimum Gasteiger partial charge on any atom is -0.382 e. The van der Waals surface area contributed by atoms with Crippen molar-refractivity contribution in [1.29, 1.82) is 0 Å². The minimum atomic E-state index is 0.110. The molecule has 1 unspecified atom stereocenters. The van der Waals surface area contributed by atoms with Crippen molar-refractivity contribution in [2.45, 2.75) is 25.9 Å². The Bertz CT molecular complexity index is 277. The molecular weight excluding hydrogens is 214 g/mol. The molecule has 2 N–H and O–H groups in total. The third-order valence-corrected chi connectivity index (χ3v) is 2.56. The highest BCUT2D eigenvalue weighted by molar-refractivity contribution is 5.15. The van der Waals surface area contributed by atoms with Crippen molar-refractivity contribution in [2.75, 3.05) is 26.4 Å². The zero-order valence-corrected chi connectivity index (χ0v) is 10.6. The smallest absolute Gasteiger partial charge is 0.0737 e. The van der Waals surface area contributed by atoms with Gasteiger partial charge in [0.05, 0.1) is 6.10 Å². The maximum absolute atomic E-state index is 5.74. The molecule has 0 amide bonds. The normalized spacial score (nSPS) is 12.6. The van der Waals surface area contributed by atoms with E-state index < -0.39 is 0 Å². The van der Waals surface area contributed by atoms with Crippen LogP contribution in [-0.4, -0.2) is 32.5 Å². The van der Waals surface area contributed by atoms with Crippen molar-refractivity contribution in [1.82, 2.24) is 0 Å². The van der Waals surface area contributed by atoms with Gasteiger partial charge in [-0.15, -0.1) is 0 Å². The van der Waals surface area contributed by atoms with Crippen LogP contribution in [-0.2, 0) is 15.9 Å². The molecule has 1 rings (SSSR count). The molecule has 0 aliphatic rings. The van der Waals surface area contributed by atoms with Crippen LogP contribution in [0.3, 0.4) is 0 Å². The van der Waals surface area contributed by atoms with Gasteiger partial charge in [-0.1, -0.05) is 30.3 Å². The second-order valence-corrected chi connectivity index (χ2v) is 3.97. The first-order valence-electron chi connectivity index (χ1n) is 6.30. The Morgan fingerprint density at radius 2 is 1.94 bits per heavy atom. The molecule has 0 radical (unpaired) electrons. The predicted octanol–water partition coefficient (Wildman–Crippen LogP) is 2.00.